The van der Waals surface area contributed by atoms with Crippen LogP contribution in [-0.2, 0) is 13.0 Å². The van der Waals surface area contributed by atoms with Crippen LogP contribution >= 0.6 is 11.3 Å². The van der Waals surface area contributed by atoms with Gasteiger partial charge in [0.1, 0.15) is 16.5 Å². The van der Waals surface area contributed by atoms with Crippen LogP contribution in [0.25, 0.3) is 10.4 Å². The van der Waals surface area contributed by atoms with Crippen LogP contribution in [-0.4, -0.2) is 25.7 Å². The van der Waals surface area contributed by atoms with Crippen LogP contribution < -0.4 is 14.8 Å². The highest BCUT2D eigenvalue weighted by Crippen LogP contribution is 2.28. The second-order valence-electron chi connectivity index (χ2n) is 5.59. The van der Waals surface area contributed by atoms with E-state index in [4.69, 9.17) is 9.47 Å². The Bertz CT molecular complexity index is 817. The van der Waals surface area contributed by atoms with Crippen molar-refractivity contribution in [3.63, 3.8) is 0 Å². The van der Waals surface area contributed by atoms with Gasteiger partial charge in [-0.25, -0.2) is 4.98 Å². The number of thiazole rings is 1. The van der Waals surface area contributed by atoms with E-state index >= 15 is 0 Å². The van der Waals surface area contributed by atoms with Crippen molar-refractivity contribution >= 4 is 11.3 Å². The molecule has 0 unspecified atom stereocenters. The fraction of sp³-hybridized carbons (Fsp3) is 0.250. The average Bonchev–Trinajstić information content (AvgIpc) is 3.14. The predicted molar refractivity (Wildman–Crippen MR) is 103 cm³/mol. The molecule has 0 saturated heterocycles. The van der Waals surface area contributed by atoms with Gasteiger partial charge >= 0.3 is 0 Å². The summed E-state index contributed by atoms with van der Waals surface area (Å²) >= 11 is 1.71. The number of methoxy groups -OCH3 is 2. The maximum atomic E-state index is 5.38. The Kier molecular flexibility index (Phi) is 6.04. The van der Waals surface area contributed by atoms with Gasteiger partial charge in [0.15, 0.2) is 0 Å². The smallest absolute Gasteiger partial charge is 0.122 e. The Morgan fingerprint density at radius 3 is 2.76 bits per heavy atom. The van der Waals surface area contributed by atoms with Gasteiger partial charge in [0.25, 0.3) is 0 Å². The lowest BCUT2D eigenvalue weighted by Crippen LogP contribution is -2.16. The third-order valence-corrected chi connectivity index (χ3v) is 4.99. The molecule has 0 fully saturated rings. The summed E-state index contributed by atoms with van der Waals surface area (Å²) in [5, 5.41) is 4.54. The van der Waals surface area contributed by atoms with Crippen molar-refractivity contribution in [2.24, 2.45) is 0 Å². The summed E-state index contributed by atoms with van der Waals surface area (Å²) in [5.41, 5.74) is 2.35. The van der Waals surface area contributed by atoms with Crippen LogP contribution in [0.1, 0.15) is 10.6 Å². The van der Waals surface area contributed by atoms with E-state index in [1.807, 2.05) is 42.6 Å². The monoisotopic (exact) mass is 354 g/mol. The summed E-state index contributed by atoms with van der Waals surface area (Å²) in [6, 6.07) is 16.2. The summed E-state index contributed by atoms with van der Waals surface area (Å²) in [6.45, 7) is 1.65. The zero-order valence-electron chi connectivity index (χ0n) is 14.5. The van der Waals surface area contributed by atoms with Crippen molar-refractivity contribution in [2.75, 3.05) is 20.8 Å². The molecule has 1 N–H and O–H groups in total. The van der Waals surface area contributed by atoms with Crippen LogP contribution in [0.4, 0.5) is 0 Å². The number of nitrogens with one attached hydrogen (secondary N) is 1. The minimum absolute atomic E-state index is 0.768. The number of hydrogen-bond donors (Lipinski definition) is 1. The number of benzene rings is 2. The number of ether oxygens (including phenoxy) is 2. The molecule has 0 aliphatic heterocycles. The maximum absolute atomic E-state index is 5.38. The molecule has 0 spiro atoms. The molecule has 4 nitrogen and oxygen atoms in total. The van der Waals surface area contributed by atoms with E-state index < -0.39 is 0 Å². The molecule has 0 radical (unpaired) electrons. The minimum Gasteiger partial charge on any atom is -0.497 e. The van der Waals surface area contributed by atoms with Gasteiger partial charge in [0, 0.05) is 12.7 Å². The second kappa shape index (κ2) is 8.65. The third kappa shape index (κ3) is 4.59. The summed E-state index contributed by atoms with van der Waals surface area (Å²) in [5.74, 6) is 1.81. The third-order valence-electron chi connectivity index (χ3n) is 3.95. The largest absolute Gasteiger partial charge is 0.497 e. The normalized spacial score (nSPS) is 10.6. The number of aromatic nitrogens is 1. The maximum Gasteiger partial charge on any atom is 0.122 e. The van der Waals surface area contributed by atoms with Gasteiger partial charge in [0.2, 0.25) is 0 Å². The Morgan fingerprint density at radius 1 is 1.04 bits per heavy atom. The molecule has 2 aromatic carbocycles. The topological polar surface area (TPSA) is 43.4 Å². The molecule has 5 heteroatoms. The zero-order valence-corrected chi connectivity index (χ0v) is 15.3. The molecule has 130 valence electrons. The molecule has 3 aromatic rings. The molecule has 0 saturated carbocycles. The van der Waals surface area contributed by atoms with Crippen molar-refractivity contribution < 1.29 is 9.47 Å². The molecule has 0 aliphatic rings. The van der Waals surface area contributed by atoms with Gasteiger partial charge in [-0.15, -0.1) is 11.3 Å². The van der Waals surface area contributed by atoms with E-state index in [9.17, 15) is 0 Å². The number of hydrogen-bond acceptors (Lipinski definition) is 5. The zero-order chi connectivity index (χ0) is 17.5. The highest BCUT2D eigenvalue weighted by molar-refractivity contribution is 7.15. The molecule has 0 aliphatic carbocycles. The van der Waals surface area contributed by atoms with Crippen molar-refractivity contribution in [2.45, 2.75) is 13.0 Å². The van der Waals surface area contributed by atoms with Gasteiger partial charge in [-0.1, -0.05) is 30.3 Å². The molecule has 0 bridgehead atoms. The Labute approximate surface area is 152 Å². The quantitative estimate of drug-likeness (QED) is 0.617. The summed E-state index contributed by atoms with van der Waals surface area (Å²) in [6.07, 6.45) is 2.86. The van der Waals surface area contributed by atoms with Crippen LogP contribution in [0.2, 0.25) is 0 Å². The van der Waals surface area contributed by atoms with Crippen LogP contribution in [0, 0.1) is 0 Å². The van der Waals surface area contributed by atoms with Gasteiger partial charge < -0.3 is 14.8 Å². The van der Waals surface area contributed by atoms with E-state index in [-0.39, 0.29) is 0 Å². The highest BCUT2D eigenvalue weighted by atomic mass is 32.1. The van der Waals surface area contributed by atoms with Gasteiger partial charge in [-0.3, -0.25) is 0 Å². The van der Waals surface area contributed by atoms with Gasteiger partial charge in [-0.2, -0.15) is 0 Å². The fourth-order valence-corrected chi connectivity index (χ4v) is 3.51. The molecule has 0 amide bonds. The standard InChI is InChI=1S/C20H22N2O2S/c1-23-17-8-5-7-16(12-17)19-13-22-20(25-19)14-21-11-10-15-6-3-4-9-18(15)24-2/h3-9,12-13,21H,10-11,14H2,1-2H3. The fourth-order valence-electron chi connectivity index (χ4n) is 2.63. The Morgan fingerprint density at radius 2 is 1.92 bits per heavy atom. The van der Waals surface area contributed by atoms with Crippen LogP contribution in [0.15, 0.2) is 54.7 Å². The Balaban J connectivity index is 1.53. The molecule has 3 rings (SSSR count). The van der Waals surface area contributed by atoms with Crippen molar-refractivity contribution in [1.82, 2.24) is 10.3 Å². The summed E-state index contributed by atoms with van der Waals surface area (Å²) in [4.78, 5) is 5.67. The SMILES string of the molecule is COc1cccc(-c2cnc(CNCCc3ccccc3OC)s2)c1. The molecular formula is C20H22N2O2S. The van der Waals surface area contributed by atoms with Crippen LogP contribution in [0.5, 0.6) is 11.5 Å². The lowest BCUT2D eigenvalue weighted by atomic mass is 10.1. The van der Waals surface area contributed by atoms with Gasteiger partial charge in [0.05, 0.1) is 19.1 Å². The minimum atomic E-state index is 0.768. The van der Waals surface area contributed by atoms with E-state index in [2.05, 4.69) is 22.4 Å². The second-order valence-corrected chi connectivity index (χ2v) is 6.70. The lowest BCUT2D eigenvalue weighted by Gasteiger charge is -2.08. The average molecular weight is 354 g/mol. The van der Waals surface area contributed by atoms with Crippen molar-refractivity contribution in [1.29, 1.82) is 0 Å². The van der Waals surface area contributed by atoms with Crippen LogP contribution in [0.3, 0.4) is 0 Å². The van der Waals surface area contributed by atoms with Gasteiger partial charge in [-0.05, 0) is 42.3 Å². The number of para-hydroxylation sites is 1. The van der Waals surface area contributed by atoms with E-state index in [1.165, 1.54) is 5.56 Å². The molecule has 1 heterocycles. The molecule has 25 heavy (non-hydrogen) atoms. The van der Waals surface area contributed by atoms with E-state index in [0.717, 1.165) is 46.5 Å². The Hall–Kier alpha value is -2.37. The van der Waals surface area contributed by atoms with E-state index in [0.29, 0.717) is 0 Å². The first-order chi connectivity index (χ1) is 12.3. The first kappa shape index (κ1) is 17.5. The predicted octanol–water partition coefficient (Wildman–Crippen LogP) is 4.16. The number of nitrogens with zero attached hydrogens (tertiary/aromatic N) is 1. The van der Waals surface area contributed by atoms with Crippen molar-refractivity contribution in [3.8, 4) is 21.9 Å². The highest BCUT2D eigenvalue weighted by Gasteiger charge is 2.06. The molecule has 0 atom stereocenters. The first-order valence-corrected chi connectivity index (χ1v) is 9.03. The van der Waals surface area contributed by atoms with Crippen molar-refractivity contribution in [3.05, 3.63) is 65.3 Å². The lowest BCUT2D eigenvalue weighted by molar-refractivity contribution is 0.409. The first-order valence-electron chi connectivity index (χ1n) is 8.22. The number of rotatable bonds is 8. The van der Waals surface area contributed by atoms with E-state index in [1.54, 1.807) is 25.6 Å². The molecule has 1 aromatic heterocycles. The summed E-state index contributed by atoms with van der Waals surface area (Å²) < 4.78 is 10.7. The summed E-state index contributed by atoms with van der Waals surface area (Å²) in [7, 11) is 3.39. The molecular weight excluding hydrogens is 332 g/mol.